The summed E-state index contributed by atoms with van der Waals surface area (Å²) in [6.45, 7) is 1.93. The molecule has 0 radical (unpaired) electrons. The smallest absolute Gasteiger partial charge is 0.289 e. The average Bonchev–Trinajstić information content (AvgIpc) is 2.48. The van der Waals surface area contributed by atoms with Crippen molar-refractivity contribution < 1.29 is 13.3 Å². The monoisotopic (exact) mass is 311 g/mol. The van der Waals surface area contributed by atoms with Crippen molar-refractivity contribution in [2.75, 3.05) is 19.6 Å². The molecule has 8 heteroatoms. The van der Waals surface area contributed by atoms with Gasteiger partial charge < -0.3 is 5.32 Å². The molecule has 0 amide bonds. The highest BCUT2D eigenvalue weighted by Crippen LogP contribution is 2.22. The van der Waals surface area contributed by atoms with Gasteiger partial charge in [-0.3, -0.25) is 10.1 Å². The second kappa shape index (κ2) is 6.79. The van der Waals surface area contributed by atoms with E-state index in [2.05, 4.69) is 10.0 Å². The highest BCUT2D eigenvalue weighted by molar-refractivity contribution is 7.89. The lowest BCUT2D eigenvalue weighted by Gasteiger charge is -2.14. The third-order valence-corrected chi connectivity index (χ3v) is 4.76. The van der Waals surface area contributed by atoms with Crippen molar-refractivity contribution in [2.45, 2.75) is 17.7 Å². The molecule has 0 fully saturated rings. The zero-order chi connectivity index (χ0) is 15.3. The molecule has 0 unspecified atom stereocenters. The minimum Gasteiger partial charge on any atom is -0.313 e. The Kier molecular flexibility index (Phi) is 5.05. The molecule has 7 nitrogen and oxygen atoms in total. The lowest BCUT2D eigenvalue weighted by atomic mass is 10.1. The quantitative estimate of drug-likeness (QED) is 0.467. The van der Waals surface area contributed by atoms with E-state index >= 15 is 0 Å². The fourth-order valence-electron chi connectivity index (χ4n) is 2.16. The van der Waals surface area contributed by atoms with E-state index in [1.54, 1.807) is 0 Å². The third-order valence-electron chi connectivity index (χ3n) is 3.25. The van der Waals surface area contributed by atoms with Gasteiger partial charge in [-0.05, 0) is 25.5 Å². The van der Waals surface area contributed by atoms with Crippen LogP contribution in [0.15, 0.2) is 40.8 Å². The van der Waals surface area contributed by atoms with Crippen LogP contribution in [0.5, 0.6) is 0 Å². The first-order chi connectivity index (χ1) is 10.0. The summed E-state index contributed by atoms with van der Waals surface area (Å²) < 4.78 is 26.7. The number of rotatable bonds is 6. The minimum atomic E-state index is -3.87. The number of hydrogen-bond acceptors (Lipinski definition) is 5. The van der Waals surface area contributed by atoms with Crippen LogP contribution in [-0.4, -0.2) is 33.0 Å². The van der Waals surface area contributed by atoms with E-state index < -0.39 is 20.6 Å². The number of nitro benzene ring substituents is 1. The predicted molar refractivity (Wildman–Crippen MR) is 78.5 cm³/mol. The SMILES string of the molecule is O=[N+]([O-])c1ccccc1S(=O)(=O)NCCC1=CCNCC1. The van der Waals surface area contributed by atoms with E-state index in [-0.39, 0.29) is 11.4 Å². The number of sulfonamides is 1. The molecule has 1 aromatic rings. The summed E-state index contributed by atoms with van der Waals surface area (Å²) in [5, 5.41) is 14.1. The number of hydrogen-bond donors (Lipinski definition) is 2. The van der Waals surface area contributed by atoms with Gasteiger partial charge in [-0.25, -0.2) is 13.1 Å². The molecule has 1 aliphatic heterocycles. The van der Waals surface area contributed by atoms with Gasteiger partial charge in [-0.1, -0.05) is 23.8 Å². The predicted octanol–water partition coefficient (Wildman–Crippen LogP) is 1.18. The van der Waals surface area contributed by atoms with E-state index in [4.69, 9.17) is 0 Å². The van der Waals surface area contributed by atoms with Gasteiger partial charge >= 0.3 is 0 Å². The van der Waals surface area contributed by atoms with Gasteiger partial charge in [-0.15, -0.1) is 0 Å². The lowest BCUT2D eigenvalue weighted by Crippen LogP contribution is -2.27. The van der Waals surface area contributed by atoms with Gasteiger partial charge in [0.15, 0.2) is 4.90 Å². The fraction of sp³-hybridized carbons (Fsp3) is 0.385. The van der Waals surface area contributed by atoms with Gasteiger partial charge in [0, 0.05) is 19.2 Å². The Morgan fingerprint density at radius 2 is 2.10 bits per heavy atom. The molecular formula is C13H17N3O4S. The average molecular weight is 311 g/mol. The molecule has 1 aromatic carbocycles. The molecule has 0 aromatic heterocycles. The minimum absolute atomic E-state index is 0.236. The van der Waals surface area contributed by atoms with Crippen LogP contribution >= 0.6 is 0 Å². The Balaban J connectivity index is 2.05. The van der Waals surface area contributed by atoms with E-state index in [1.807, 2.05) is 6.08 Å². The van der Waals surface area contributed by atoms with E-state index in [9.17, 15) is 18.5 Å². The van der Waals surface area contributed by atoms with Gasteiger partial charge in [0.2, 0.25) is 10.0 Å². The summed E-state index contributed by atoms with van der Waals surface area (Å²) in [6, 6.07) is 5.34. The molecular weight excluding hydrogens is 294 g/mol. The Labute approximate surface area is 123 Å². The van der Waals surface area contributed by atoms with Gasteiger partial charge in [0.1, 0.15) is 0 Å². The van der Waals surface area contributed by atoms with Crippen molar-refractivity contribution in [3.63, 3.8) is 0 Å². The highest BCUT2D eigenvalue weighted by Gasteiger charge is 2.24. The normalized spacial score (nSPS) is 15.5. The largest absolute Gasteiger partial charge is 0.313 e. The van der Waals surface area contributed by atoms with Crippen molar-refractivity contribution in [3.05, 3.63) is 46.0 Å². The molecule has 0 bridgehead atoms. The molecule has 0 spiro atoms. The molecule has 0 saturated carbocycles. The molecule has 0 aliphatic carbocycles. The number of benzene rings is 1. The zero-order valence-electron chi connectivity index (χ0n) is 11.4. The second-order valence-electron chi connectivity index (χ2n) is 4.69. The van der Waals surface area contributed by atoms with Gasteiger partial charge in [0.25, 0.3) is 5.69 Å². The molecule has 1 heterocycles. The van der Waals surface area contributed by atoms with Gasteiger partial charge in [0.05, 0.1) is 4.92 Å². The van der Waals surface area contributed by atoms with E-state index in [1.165, 1.54) is 29.8 Å². The van der Waals surface area contributed by atoms with Crippen LogP contribution < -0.4 is 10.0 Å². The lowest BCUT2D eigenvalue weighted by molar-refractivity contribution is -0.387. The van der Waals surface area contributed by atoms with Crippen molar-refractivity contribution in [2.24, 2.45) is 0 Å². The molecule has 0 saturated heterocycles. The Hall–Kier alpha value is -1.77. The molecule has 2 rings (SSSR count). The molecule has 114 valence electrons. The molecule has 21 heavy (non-hydrogen) atoms. The number of para-hydroxylation sites is 1. The van der Waals surface area contributed by atoms with Crippen LogP contribution in [0.3, 0.4) is 0 Å². The zero-order valence-corrected chi connectivity index (χ0v) is 12.2. The summed E-state index contributed by atoms with van der Waals surface area (Å²) in [6.07, 6.45) is 3.55. The van der Waals surface area contributed by atoms with Crippen LogP contribution in [0.2, 0.25) is 0 Å². The highest BCUT2D eigenvalue weighted by atomic mass is 32.2. The van der Waals surface area contributed by atoms with Crippen molar-refractivity contribution >= 4 is 15.7 Å². The third kappa shape index (κ3) is 4.10. The van der Waals surface area contributed by atoms with Crippen LogP contribution in [0.4, 0.5) is 5.69 Å². The first kappa shape index (κ1) is 15.6. The Bertz CT molecular complexity index is 655. The van der Waals surface area contributed by atoms with Crippen molar-refractivity contribution in [3.8, 4) is 0 Å². The van der Waals surface area contributed by atoms with Gasteiger partial charge in [-0.2, -0.15) is 0 Å². The van der Waals surface area contributed by atoms with Crippen LogP contribution in [0.25, 0.3) is 0 Å². The van der Waals surface area contributed by atoms with Crippen LogP contribution in [0.1, 0.15) is 12.8 Å². The number of nitro groups is 1. The maximum Gasteiger partial charge on any atom is 0.289 e. The van der Waals surface area contributed by atoms with Crippen LogP contribution in [-0.2, 0) is 10.0 Å². The van der Waals surface area contributed by atoms with Crippen molar-refractivity contribution in [1.29, 1.82) is 0 Å². The first-order valence-electron chi connectivity index (χ1n) is 6.62. The summed E-state index contributed by atoms with van der Waals surface area (Å²) in [4.78, 5) is 9.90. The standard InChI is InChI=1S/C13H17N3O4S/c17-16(18)12-3-1-2-4-13(12)21(19,20)15-10-7-11-5-8-14-9-6-11/h1-5,14-15H,6-10H2. The maximum atomic E-state index is 12.2. The summed E-state index contributed by atoms with van der Waals surface area (Å²) in [7, 11) is -3.87. The Morgan fingerprint density at radius 1 is 1.33 bits per heavy atom. The molecule has 2 N–H and O–H groups in total. The van der Waals surface area contributed by atoms with Crippen molar-refractivity contribution in [1.82, 2.24) is 10.0 Å². The van der Waals surface area contributed by atoms with E-state index in [0.717, 1.165) is 19.5 Å². The number of nitrogens with one attached hydrogen (secondary N) is 2. The summed E-state index contributed by atoms with van der Waals surface area (Å²) >= 11 is 0. The topological polar surface area (TPSA) is 101 Å². The second-order valence-corrected chi connectivity index (χ2v) is 6.42. The first-order valence-corrected chi connectivity index (χ1v) is 8.11. The maximum absolute atomic E-state index is 12.2. The summed E-state index contributed by atoms with van der Waals surface area (Å²) in [5.74, 6) is 0. The van der Waals surface area contributed by atoms with E-state index in [0.29, 0.717) is 6.42 Å². The molecule has 0 atom stereocenters. The Morgan fingerprint density at radius 3 is 2.76 bits per heavy atom. The fourth-order valence-corrected chi connectivity index (χ4v) is 3.36. The molecule has 1 aliphatic rings. The number of nitrogens with zero attached hydrogens (tertiary/aromatic N) is 1. The summed E-state index contributed by atoms with van der Waals surface area (Å²) in [5.41, 5.74) is 0.782. The van der Waals surface area contributed by atoms with Crippen LogP contribution in [0, 0.1) is 10.1 Å².